The van der Waals surface area contributed by atoms with Gasteiger partial charge in [-0.25, -0.2) is 0 Å². The highest BCUT2D eigenvalue weighted by molar-refractivity contribution is 6.02. The SMILES string of the molecule is CC(=O)c1ccc(/C(=C2\COc3ccc(-c4ccccc4)cc32)c2ccccc2)cc1. The summed E-state index contributed by atoms with van der Waals surface area (Å²) in [7, 11) is 0. The molecule has 0 radical (unpaired) electrons. The Balaban J connectivity index is 1.70. The molecule has 1 heterocycles. The molecule has 1 aliphatic heterocycles. The van der Waals surface area contributed by atoms with E-state index < -0.39 is 0 Å². The van der Waals surface area contributed by atoms with Gasteiger partial charge in [-0.15, -0.1) is 0 Å². The summed E-state index contributed by atoms with van der Waals surface area (Å²) in [5.74, 6) is 0.978. The minimum absolute atomic E-state index is 0.0718. The van der Waals surface area contributed by atoms with E-state index >= 15 is 0 Å². The highest BCUT2D eigenvalue weighted by Gasteiger charge is 2.24. The maximum absolute atomic E-state index is 11.8. The Kier molecular flexibility index (Phi) is 4.97. The Labute approximate surface area is 182 Å². The van der Waals surface area contributed by atoms with Gasteiger partial charge in [0, 0.05) is 16.7 Å². The fourth-order valence-corrected chi connectivity index (χ4v) is 4.13. The molecule has 0 spiro atoms. The van der Waals surface area contributed by atoms with Crippen LogP contribution in [0.5, 0.6) is 5.75 Å². The smallest absolute Gasteiger partial charge is 0.159 e. The monoisotopic (exact) mass is 402 g/mol. The zero-order chi connectivity index (χ0) is 21.2. The molecule has 2 heteroatoms. The molecule has 0 N–H and O–H groups in total. The number of ether oxygens (including phenoxy) is 1. The van der Waals surface area contributed by atoms with E-state index in [-0.39, 0.29) is 5.78 Å². The number of ketones is 1. The van der Waals surface area contributed by atoms with Crippen molar-refractivity contribution in [2.75, 3.05) is 6.61 Å². The van der Waals surface area contributed by atoms with E-state index in [0.717, 1.165) is 39.1 Å². The van der Waals surface area contributed by atoms with Crippen LogP contribution in [0.2, 0.25) is 0 Å². The topological polar surface area (TPSA) is 26.3 Å². The molecule has 0 aliphatic carbocycles. The number of carbonyl (C=O) groups excluding carboxylic acids is 1. The molecule has 0 fully saturated rings. The molecule has 2 nitrogen and oxygen atoms in total. The van der Waals surface area contributed by atoms with Crippen molar-refractivity contribution in [3.63, 3.8) is 0 Å². The van der Waals surface area contributed by atoms with Crippen LogP contribution in [0, 0.1) is 0 Å². The number of fused-ring (bicyclic) bond motifs is 1. The van der Waals surface area contributed by atoms with Gasteiger partial charge >= 0.3 is 0 Å². The molecule has 0 saturated heterocycles. The molecule has 0 atom stereocenters. The molecule has 0 saturated carbocycles. The summed E-state index contributed by atoms with van der Waals surface area (Å²) in [6.45, 7) is 2.12. The van der Waals surface area contributed by atoms with Crippen molar-refractivity contribution < 1.29 is 9.53 Å². The molecular weight excluding hydrogens is 380 g/mol. The largest absolute Gasteiger partial charge is 0.488 e. The quantitative estimate of drug-likeness (QED) is 0.347. The summed E-state index contributed by atoms with van der Waals surface area (Å²) < 4.78 is 6.08. The maximum atomic E-state index is 11.8. The van der Waals surface area contributed by atoms with Crippen LogP contribution in [0.15, 0.2) is 103 Å². The summed E-state index contributed by atoms with van der Waals surface area (Å²) in [6, 6.07) is 35.0. The van der Waals surface area contributed by atoms with E-state index in [1.54, 1.807) is 6.92 Å². The van der Waals surface area contributed by atoms with Gasteiger partial charge in [-0.1, -0.05) is 91.0 Å². The van der Waals surface area contributed by atoms with Gasteiger partial charge in [0.2, 0.25) is 0 Å². The van der Waals surface area contributed by atoms with Gasteiger partial charge in [-0.2, -0.15) is 0 Å². The van der Waals surface area contributed by atoms with Crippen LogP contribution in [0.3, 0.4) is 0 Å². The van der Waals surface area contributed by atoms with Crippen molar-refractivity contribution >= 4 is 16.9 Å². The van der Waals surface area contributed by atoms with Crippen molar-refractivity contribution in [2.24, 2.45) is 0 Å². The lowest BCUT2D eigenvalue weighted by atomic mass is 9.89. The summed E-state index contributed by atoms with van der Waals surface area (Å²) >= 11 is 0. The first-order chi connectivity index (χ1) is 15.2. The second-order valence-corrected chi connectivity index (χ2v) is 7.72. The Hall–Kier alpha value is -3.91. The van der Waals surface area contributed by atoms with Gasteiger partial charge < -0.3 is 4.74 Å². The van der Waals surface area contributed by atoms with Gasteiger partial charge in [-0.05, 0) is 46.9 Å². The van der Waals surface area contributed by atoms with Crippen LogP contribution < -0.4 is 4.74 Å². The van der Waals surface area contributed by atoms with E-state index in [0.29, 0.717) is 6.61 Å². The summed E-state index contributed by atoms with van der Waals surface area (Å²) in [5, 5.41) is 0. The first kappa shape index (κ1) is 19.1. The van der Waals surface area contributed by atoms with Crippen LogP contribution in [0.1, 0.15) is 34.0 Å². The molecular formula is C29H22O2. The zero-order valence-corrected chi connectivity index (χ0v) is 17.3. The first-order valence-corrected chi connectivity index (χ1v) is 10.4. The summed E-state index contributed by atoms with van der Waals surface area (Å²) in [5.41, 5.74) is 8.70. The average Bonchev–Trinajstić information content (AvgIpc) is 3.24. The number of rotatable bonds is 4. The summed E-state index contributed by atoms with van der Waals surface area (Å²) in [6.07, 6.45) is 0. The van der Waals surface area contributed by atoms with Crippen LogP contribution >= 0.6 is 0 Å². The van der Waals surface area contributed by atoms with Crippen LogP contribution in [-0.4, -0.2) is 12.4 Å². The lowest BCUT2D eigenvalue weighted by Crippen LogP contribution is -1.98. The van der Waals surface area contributed by atoms with Crippen LogP contribution in [-0.2, 0) is 0 Å². The van der Waals surface area contributed by atoms with Gasteiger partial charge in [-0.3, -0.25) is 4.79 Å². The van der Waals surface area contributed by atoms with Gasteiger partial charge in [0.15, 0.2) is 5.78 Å². The first-order valence-electron chi connectivity index (χ1n) is 10.4. The zero-order valence-electron chi connectivity index (χ0n) is 17.3. The number of benzene rings is 4. The summed E-state index contributed by atoms with van der Waals surface area (Å²) in [4.78, 5) is 11.8. The molecule has 0 unspecified atom stereocenters. The van der Waals surface area contributed by atoms with Gasteiger partial charge in [0.1, 0.15) is 12.4 Å². The van der Waals surface area contributed by atoms with Crippen molar-refractivity contribution in [1.29, 1.82) is 0 Å². The molecule has 150 valence electrons. The minimum atomic E-state index is 0.0718. The average molecular weight is 402 g/mol. The van der Waals surface area contributed by atoms with E-state index in [1.165, 1.54) is 11.1 Å². The predicted octanol–water partition coefficient (Wildman–Crippen LogP) is 6.91. The van der Waals surface area contributed by atoms with Crippen molar-refractivity contribution in [3.05, 3.63) is 125 Å². The van der Waals surface area contributed by atoms with Crippen molar-refractivity contribution in [3.8, 4) is 16.9 Å². The number of Topliss-reactive ketones (excluding diaryl/α,β-unsaturated/α-hetero) is 1. The second-order valence-electron chi connectivity index (χ2n) is 7.72. The van der Waals surface area contributed by atoms with Gasteiger partial charge in [0.25, 0.3) is 0 Å². The number of hydrogen-bond donors (Lipinski definition) is 0. The maximum Gasteiger partial charge on any atom is 0.159 e. The van der Waals surface area contributed by atoms with E-state index in [4.69, 9.17) is 4.74 Å². The lowest BCUT2D eigenvalue weighted by Gasteiger charge is -2.13. The third-order valence-corrected chi connectivity index (χ3v) is 5.73. The number of hydrogen-bond acceptors (Lipinski definition) is 2. The van der Waals surface area contributed by atoms with Crippen LogP contribution in [0.4, 0.5) is 0 Å². The van der Waals surface area contributed by atoms with E-state index in [9.17, 15) is 4.79 Å². The highest BCUT2D eigenvalue weighted by Crippen LogP contribution is 2.42. The molecule has 1 aliphatic rings. The van der Waals surface area contributed by atoms with Crippen LogP contribution in [0.25, 0.3) is 22.3 Å². The second kappa shape index (κ2) is 8.08. The Bertz CT molecular complexity index is 1270. The molecule has 31 heavy (non-hydrogen) atoms. The highest BCUT2D eigenvalue weighted by atomic mass is 16.5. The molecule has 0 aromatic heterocycles. The van der Waals surface area contributed by atoms with E-state index in [1.807, 2.05) is 36.4 Å². The number of carbonyl (C=O) groups is 1. The molecule has 4 aromatic rings. The van der Waals surface area contributed by atoms with Crippen molar-refractivity contribution in [1.82, 2.24) is 0 Å². The molecule has 0 bridgehead atoms. The molecule has 4 aromatic carbocycles. The molecule has 5 rings (SSSR count). The lowest BCUT2D eigenvalue weighted by molar-refractivity contribution is 0.101. The third-order valence-electron chi connectivity index (χ3n) is 5.73. The van der Waals surface area contributed by atoms with Gasteiger partial charge in [0.05, 0.1) is 0 Å². The fourth-order valence-electron chi connectivity index (χ4n) is 4.13. The van der Waals surface area contributed by atoms with Crippen molar-refractivity contribution in [2.45, 2.75) is 6.92 Å². The Morgan fingerprint density at radius 3 is 1.97 bits per heavy atom. The Morgan fingerprint density at radius 1 is 0.677 bits per heavy atom. The fraction of sp³-hybridized carbons (Fsp3) is 0.0690. The predicted molar refractivity (Wildman–Crippen MR) is 126 cm³/mol. The normalized spacial score (nSPS) is 14.0. The third kappa shape index (κ3) is 3.69. The standard InChI is InChI=1S/C29H22O2/c1-20(30)21-12-14-24(15-13-21)29(23-10-6-3-7-11-23)27-19-31-28-17-16-25(18-26(27)28)22-8-4-2-5-9-22/h2-18H,19H2,1H3/b29-27+. The Morgan fingerprint density at radius 2 is 1.29 bits per heavy atom. The minimum Gasteiger partial charge on any atom is -0.488 e. The molecule has 0 amide bonds. The van der Waals surface area contributed by atoms with E-state index in [2.05, 4.69) is 66.7 Å².